The number of anilines is 3. The SMILES string of the molecule is O=C(Nc1cccc(SCn2cnnn2)c1)NC1C(=O)N(CC(=O)C2CC2)c2ccccc2N(CC(=O)C2CC2)C1=O. The first kappa shape index (κ1) is 27.6. The van der Waals surface area contributed by atoms with Crippen molar-refractivity contribution in [1.82, 2.24) is 25.5 Å². The van der Waals surface area contributed by atoms with Gasteiger partial charge in [0.05, 0.1) is 30.3 Å². The number of carbonyl (C=O) groups is 5. The number of thioether (sulfide) groups is 1. The van der Waals surface area contributed by atoms with Crippen molar-refractivity contribution in [3.8, 4) is 0 Å². The second-order valence-electron chi connectivity index (χ2n) is 10.5. The first-order chi connectivity index (χ1) is 20.4. The molecule has 2 aromatic carbocycles. The standard InChI is InChI=1S/C28H28N8O5S/c37-23(17-8-9-17)13-35-21-6-1-2-7-22(21)36(14-24(38)18-10-11-18)27(40)25(26(35)39)31-28(41)30-19-4-3-5-20(12-19)42-16-34-15-29-32-33-34/h1-7,12,15,17-18,25H,8-11,13-14,16H2,(H2,30,31,41). The Balaban J connectivity index is 1.23. The summed E-state index contributed by atoms with van der Waals surface area (Å²) in [6.07, 6.45) is 4.55. The summed E-state index contributed by atoms with van der Waals surface area (Å²) in [7, 11) is 0. The Bertz CT molecular complexity index is 1470. The van der Waals surface area contributed by atoms with Crippen LogP contribution in [-0.4, -0.2) is 68.8 Å². The lowest BCUT2D eigenvalue weighted by Crippen LogP contribution is -2.57. The van der Waals surface area contributed by atoms with Gasteiger partial charge in [-0.05, 0) is 66.4 Å². The number of Topliss-reactive ketones (excluding diaryl/α,β-unsaturated/α-hetero) is 2. The summed E-state index contributed by atoms with van der Waals surface area (Å²) >= 11 is 1.44. The van der Waals surface area contributed by atoms with E-state index in [4.69, 9.17) is 0 Å². The zero-order valence-electron chi connectivity index (χ0n) is 22.5. The Morgan fingerprint density at radius 3 is 2.02 bits per heavy atom. The fourth-order valence-corrected chi connectivity index (χ4v) is 5.53. The predicted molar refractivity (Wildman–Crippen MR) is 153 cm³/mol. The van der Waals surface area contributed by atoms with Crippen molar-refractivity contribution in [3.63, 3.8) is 0 Å². The molecule has 0 spiro atoms. The fraction of sp³-hybridized carbons (Fsp3) is 0.357. The number of carbonyl (C=O) groups excluding carboxylic acids is 5. The monoisotopic (exact) mass is 588 g/mol. The van der Waals surface area contributed by atoms with Crippen LogP contribution >= 0.6 is 11.8 Å². The first-order valence-corrected chi connectivity index (χ1v) is 14.6. The molecule has 14 heteroatoms. The summed E-state index contributed by atoms with van der Waals surface area (Å²) in [5, 5.41) is 16.2. The molecule has 2 fully saturated rings. The van der Waals surface area contributed by atoms with E-state index in [1.807, 2.05) is 6.07 Å². The van der Waals surface area contributed by atoms with Crippen LogP contribution in [0.2, 0.25) is 0 Å². The van der Waals surface area contributed by atoms with Gasteiger partial charge in [0, 0.05) is 22.4 Å². The highest BCUT2D eigenvalue weighted by Crippen LogP contribution is 2.37. The number of hydrogen-bond acceptors (Lipinski definition) is 9. The Labute approximate surface area is 245 Å². The normalized spacial score (nSPS) is 17.0. The lowest BCUT2D eigenvalue weighted by molar-refractivity contribution is -0.131. The minimum Gasteiger partial charge on any atom is -0.318 e. The molecular weight excluding hydrogens is 560 g/mol. The van der Waals surface area contributed by atoms with Gasteiger partial charge in [-0.25, -0.2) is 9.48 Å². The summed E-state index contributed by atoms with van der Waals surface area (Å²) in [4.78, 5) is 70.0. The third-order valence-electron chi connectivity index (χ3n) is 7.30. The second kappa shape index (κ2) is 11.7. The van der Waals surface area contributed by atoms with Crippen LogP contribution in [0.4, 0.5) is 21.9 Å². The van der Waals surface area contributed by atoms with Crippen LogP contribution in [0.3, 0.4) is 0 Å². The number of urea groups is 1. The third-order valence-corrected chi connectivity index (χ3v) is 8.29. The van der Waals surface area contributed by atoms with Crippen LogP contribution in [0.1, 0.15) is 25.7 Å². The molecule has 1 aliphatic heterocycles. The quantitative estimate of drug-likeness (QED) is 0.253. The van der Waals surface area contributed by atoms with Crippen molar-refractivity contribution < 1.29 is 24.0 Å². The summed E-state index contributed by atoms with van der Waals surface area (Å²) in [6.45, 7) is -0.447. The van der Waals surface area contributed by atoms with E-state index in [9.17, 15) is 24.0 Å². The maximum Gasteiger partial charge on any atom is 0.320 e. The molecule has 2 aliphatic carbocycles. The molecule has 216 valence electrons. The van der Waals surface area contributed by atoms with Gasteiger partial charge < -0.3 is 20.4 Å². The number of tetrazole rings is 1. The molecular formula is C28H28N8O5S. The van der Waals surface area contributed by atoms with Gasteiger partial charge in [-0.1, -0.05) is 18.2 Å². The third kappa shape index (κ3) is 6.17. The first-order valence-electron chi connectivity index (χ1n) is 13.7. The number of para-hydroxylation sites is 2. The van der Waals surface area contributed by atoms with Crippen molar-refractivity contribution in [2.24, 2.45) is 11.8 Å². The van der Waals surface area contributed by atoms with Crippen molar-refractivity contribution in [3.05, 3.63) is 54.9 Å². The highest BCUT2D eigenvalue weighted by Gasteiger charge is 2.44. The van der Waals surface area contributed by atoms with Gasteiger partial charge in [0.1, 0.15) is 6.33 Å². The van der Waals surface area contributed by atoms with E-state index in [-0.39, 0.29) is 36.5 Å². The Morgan fingerprint density at radius 1 is 0.857 bits per heavy atom. The van der Waals surface area contributed by atoms with Gasteiger partial charge >= 0.3 is 6.03 Å². The number of aromatic nitrogens is 4. The van der Waals surface area contributed by atoms with Gasteiger partial charge in [-0.15, -0.1) is 16.9 Å². The molecule has 6 rings (SSSR count). The predicted octanol–water partition coefficient (Wildman–Crippen LogP) is 2.25. The van der Waals surface area contributed by atoms with Crippen LogP contribution in [0.5, 0.6) is 0 Å². The highest BCUT2D eigenvalue weighted by molar-refractivity contribution is 7.98. The maximum absolute atomic E-state index is 13.9. The Kier molecular flexibility index (Phi) is 7.69. The smallest absolute Gasteiger partial charge is 0.318 e. The topological polar surface area (TPSA) is 159 Å². The molecule has 3 aromatic rings. The van der Waals surface area contributed by atoms with Crippen molar-refractivity contribution in [2.75, 3.05) is 28.2 Å². The van der Waals surface area contributed by atoms with Crippen LogP contribution in [0.15, 0.2) is 59.8 Å². The van der Waals surface area contributed by atoms with E-state index in [0.717, 1.165) is 30.6 Å². The molecule has 0 radical (unpaired) electrons. The zero-order valence-corrected chi connectivity index (χ0v) is 23.3. The van der Waals surface area contributed by atoms with Crippen LogP contribution in [-0.2, 0) is 25.1 Å². The average Bonchev–Trinajstić information content (AvgIpc) is 3.93. The van der Waals surface area contributed by atoms with Crippen molar-refractivity contribution in [2.45, 2.75) is 42.5 Å². The number of fused-ring (bicyclic) bond motifs is 1. The molecule has 13 nitrogen and oxygen atoms in total. The van der Waals surface area contributed by atoms with Gasteiger partial charge in [0.2, 0.25) is 0 Å². The molecule has 4 amide bonds. The molecule has 2 N–H and O–H groups in total. The molecule has 0 saturated heterocycles. The molecule has 1 aromatic heterocycles. The second-order valence-corrected chi connectivity index (χ2v) is 11.5. The number of amides is 4. The molecule has 0 unspecified atom stereocenters. The van der Waals surface area contributed by atoms with Gasteiger partial charge in [-0.2, -0.15) is 0 Å². The Hall–Kier alpha value is -4.59. The summed E-state index contributed by atoms with van der Waals surface area (Å²) in [6, 6.07) is 11.3. The zero-order chi connectivity index (χ0) is 29.2. The fourth-order valence-electron chi connectivity index (χ4n) is 4.75. The molecule has 42 heavy (non-hydrogen) atoms. The maximum atomic E-state index is 13.9. The van der Waals surface area contributed by atoms with Crippen LogP contribution in [0, 0.1) is 11.8 Å². The highest BCUT2D eigenvalue weighted by atomic mass is 32.2. The summed E-state index contributed by atoms with van der Waals surface area (Å²) in [5.41, 5.74) is 1.14. The van der Waals surface area contributed by atoms with Crippen molar-refractivity contribution in [1.29, 1.82) is 0 Å². The van der Waals surface area contributed by atoms with Crippen LogP contribution in [0.25, 0.3) is 0 Å². The van der Waals surface area contributed by atoms with Crippen LogP contribution < -0.4 is 20.4 Å². The number of rotatable bonds is 11. The number of benzene rings is 2. The number of hydrogen-bond donors (Lipinski definition) is 2. The Morgan fingerprint density at radius 2 is 1.48 bits per heavy atom. The van der Waals surface area contributed by atoms with E-state index in [1.54, 1.807) is 47.1 Å². The minimum atomic E-state index is -1.64. The molecule has 2 saturated carbocycles. The lowest BCUT2D eigenvalue weighted by Gasteiger charge is -2.24. The minimum absolute atomic E-state index is 0.104. The molecule has 3 aliphatic rings. The van der Waals surface area contributed by atoms with E-state index in [1.165, 1.54) is 27.9 Å². The summed E-state index contributed by atoms with van der Waals surface area (Å²) in [5.74, 6) is -1.44. The van der Waals surface area contributed by atoms with Crippen molar-refractivity contribution >= 4 is 58.2 Å². The molecule has 0 bridgehead atoms. The van der Waals surface area contributed by atoms with E-state index < -0.39 is 23.9 Å². The molecule has 0 atom stereocenters. The largest absolute Gasteiger partial charge is 0.320 e. The number of nitrogens with zero attached hydrogens (tertiary/aromatic N) is 6. The van der Waals surface area contributed by atoms with E-state index >= 15 is 0 Å². The van der Waals surface area contributed by atoms with E-state index in [2.05, 4.69) is 26.2 Å². The van der Waals surface area contributed by atoms with E-state index in [0.29, 0.717) is 22.9 Å². The average molecular weight is 589 g/mol. The lowest BCUT2D eigenvalue weighted by atomic mass is 10.2. The number of nitrogens with one attached hydrogen (secondary N) is 2. The summed E-state index contributed by atoms with van der Waals surface area (Å²) < 4.78 is 1.55. The van der Waals surface area contributed by atoms with Gasteiger partial charge in [0.25, 0.3) is 11.8 Å². The van der Waals surface area contributed by atoms with Gasteiger partial charge in [0.15, 0.2) is 17.6 Å². The molecule has 2 heterocycles. The number of ketones is 2. The van der Waals surface area contributed by atoms with Gasteiger partial charge in [-0.3, -0.25) is 19.2 Å².